The molecule has 28 heavy (non-hydrogen) atoms. The lowest BCUT2D eigenvalue weighted by Crippen LogP contribution is -2.44. The number of hydrogen-bond donors (Lipinski definition) is 3. The van der Waals surface area contributed by atoms with E-state index >= 15 is 0 Å². The minimum atomic E-state index is -0.326. The van der Waals surface area contributed by atoms with E-state index in [0.717, 1.165) is 21.8 Å². The van der Waals surface area contributed by atoms with Gasteiger partial charge in [0.05, 0.1) is 18.7 Å². The van der Waals surface area contributed by atoms with E-state index in [1.54, 1.807) is 0 Å². The lowest BCUT2D eigenvalue weighted by Gasteiger charge is -2.09. The van der Waals surface area contributed by atoms with E-state index in [4.69, 9.17) is 0 Å². The van der Waals surface area contributed by atoms with E-state index in [-0.39, 0.29) is 24.8 Å². The van der Waals surface area contributed by atoms with Crippen LogP contribution in [0.2, 0.25) is 0 Å². The summed E-state index contributed by atoms with van der Waals surface area (Å²) in [6, 6.07) is 15.8. The van der Waals surface area contributed by atoms with Gasteiger partial charge in [0.15, 0.2) is 0 Å². The molecule has 7 heteroatoms. The van der Waals surface area contributed by atoms with Gasteiger partial charge >= 0.3 is 0 Å². The third-order valence-electron chi connectivity index (χ3n) is 4.04. The molecule has 0 unspecified atom stereocenters. The van der Waals surface area contributed by atoms with Crippen LogP contribution in [0, 0.1) is 13.8 Å². The quantitative estimate of drug-likeness (QED) is 0.561. The van der Waals surface area contributed by atoms with Gasteiger partial charge < -0.3 is 5.32 Å². The van der Waals surface area contributed by atoms with Crippen LogP contribution in [0.3, 0.4) is 0 Å². The van der Waals surface area contributed by atoms with Crippen LogP contribution in [0.15, 0.2) is 53.9 Å². The lowest BCUT2D eigenvalue weighted by molar-refractivity contribution is -0.127. The number of nitrogens with zero attached hydrogens (tertiary/aromatic N) is 1. The Morgan fingerprint density at radius 1 is 0.893 bits per heavy atom. The number of amides is 2. The Bertz CT molecular complexity index is 949. The highest BCUT2D eigenvalue weighted by atomic mass is 32.1. The molecular weight excluding hydrogens is 372 g/mol. The summed E-state index contributed by atoms with van der Waals surface area (Å²) >= 11 is 1.49. The second-order valence-corrected chi connectivity index (χ2v) is 7.36. The molecule has 0 fully saturated rings. The third-order valence-corrected chi connectivity index (χ3v) is 4.98. The van der Waals surface area contributed by atoms with Crippen LogP contribution in [-0.4, -0.2) is 23.3 Å². The van der Waals surface area contributed by atoms with Crippen LogP contribution in [-0.2, 0) is 16.0 Å². The highest BCUT2D eigenvalue weighted by Gasteiger charge is 2.10. The summed E-state index contributed by atoms with van der Waals surface area (Å²) in [6.45, 7) is 4.10. The first-order valence-electron chi connectivity index (χ1n) is 8.89. The molecule has 0 saturated heterocycles. The summed E-state index contributed by atoms with van der Waals surface area (Å²) < 4.78 is 0. The number of hydrazine groups is 1. The Kier molecular flexibility index (Phi) is 6.39. The molecule has 0 spiro atoms. The molecule has 2 aromatic carbocycles. The Labute approximate surface area is 168 Å². The number of hydrogen-bond acceptors (Lipinski definition) is 5. The topological polar surface area (TPSA) is 83.1 Å². The zero-order valence-electron chi connectivity index (χ0n) is 15.8. The zero-order valence-corrected chi connectivity index (χ0v) is 16.6. The summed E-state index contributed by atoms with van der Waals surface area (Å²) in [6.07, 6.45) is 0.105. The molecule has 0 atom stereocenters. The summed E-state index contributed by atoms with van der Waals surface area (Å²) in [5, 5.41) is 5.72. The standard InChI is InChI=1S/C21H22N4O2S/c1-14-3-7-16(8-4-14)21-23-18(13-28-21)11-19(26)24-25-20(27)12-22-17-9-5-15(2)6-10-17/h3-10,13,22H,11-12H2,1-2H3,(H,24,26)(H,25,27). The van der Waals surface area contributed by atoms with Crippen molar-refractivity contribution in [2.75, 3.05) is 11.9 Å². The summed E-state index contributed by atoms with van der Waals surface area (Å²) in [7, 11) is 0. The van der Waals surface area contributed by atoms with Crippen LogP contribution < -0.4 is 16.2 Å². The van der Waals surface area contributed by atoms with Gasteiger partial charge in [-0.15, -0.1) is 11.3 Å². The van der Waals surface area contributed by atoms with Crippen molar-refractivity contribution >= 4 is 28.8 Å². The first-order valence-corrected chi connectivity index (χ1v) is 9.77. The molecule has 1 heterocycles. The summed E-state index contributed by atoms with van der Waals surface area (Å²) in [4.78, 5) is 28.4. The average Bonchev–Trinajstić information content (AvgIpc) is 3.15. The minimum Gasteiger partial charge on any atom is -0.376 e. The summed E-state index contributed by atoms with van der Waals surface area (Å²) in [5.74, 6) is -0.642. The molecule has 3 N–H and O–H groups in total. The molecule has 6 nitrogen and oxygen atoms in total. The number of carbonyl (C=O) groups is 2. The maximum absolute atomic E-state index is 12.0. The van der Waals surface area contributed by atoms with Crippen LogP contribution in [0.4, 0.5) is 5.69 Å². The molecule has 2 amide bonds. The van der Waals surface area contributed by atoms with E-state index in [1.807, 2.05) is 67.8 Å². The number of thiazole rings is 1. The van der Waals surface area contributed by atoms with Gasteiger partial charge in [0.1, 0.15) is 5.01 Å². The van der Waals surface area contributed by atoms with Crippen LogP contribution in [0.25, 0.3) is 10.6 Å². The molecule has 1 aromatic heterocycles. The van der Waals surface area contributed by atoms with Gasteiger partial charge in [-0.2, -0.15) is 0 Å². The molecule has 3 aromatic rings. The molecular formula is C21H22N4O2S. The van der Waals surface area contributed by atoms with Crippen LogP contribution >= 0.6 is 11.3 Å². The maximum atomic E-state index is 12.0. The maximum Gasteiger partial charge on any atom is 0.257 e. The largest absolute Gasteiger partial charge is 0.376 e. The number of benzene rings is 2. The Balaban J connectivity index is 1.43. The molecule has 0 aliphatic heterocycles. The predicted molar refractivity (Wildman–Crippen MR) is 112 cm³/mol. The molecule has 0 saturated carbocycles. The first-order chi connectivity index (χ1) is 13.5. The van der Waals surface area contributed by atoms with Gasteiger partial charge in [-0.25, -0.2) is 4.98 Å². The number of carbonyl (C=O) groups excluding carboxylic acids is 2. The van der Waals surface area contributed by atoms with Crippen LogP contribution in [0.5, 0.6) is 0 Å². The van der Waals surface area contributed by atoms with E-state index in [0.29, 0.717) is 5.69 Å². The van der Waals surface area contributed by atoms with E-state index < -0.39 is 0 Å². The SMILES string of the molecule is Cc1ccc(NCC(=O)NNC(=O)Cc2csc(-c3ccc(C)cc3)n2)cc1. The van der Waals surface area contributed by atoms with Gasteiger partial charge in [-0.3, -0.25) is 20.4 Å². The second kappa shape index (κ2) is 9.14. The van der Waals surface area contributed by atoms with Gasteiger partial charge in [-0.1, -0.05) is 47.5 Å². The van der Waals surface area contributed by atoms with Crippen molar-refractivity contribution in [1.82, 2.24) is 15.8 Å². The van der Waals surface area contributed by atoms with E-state index in [2.05, 4.69) is 21.2 Å². The third kappa shape index (κ3) is 5.65. The number of nitrogens with one attached hydrogen (secondary N) is 3. The fourth-order valence-corrected chi connectivity index (χ4v) is 3.29. The Hall–Kier alpha value is -3.19. The Morgan fingerprint density at radius 3 is 2.18 bits per heavy atom. The van der Waals surface area contributed by atoms with Crippen molar-refractivity contribution in [1.29, 1.82) is 0 Å². The predicted octanol–water partition coefficient (Wildman–Crippen LogP) is 3.23. The molecule has 0 radical (unpaired) electrons. The highest BCUT2D eigenvalue weighted by molar-refractivity contribution is 7.13. The number of aryl methyl sites for hydroxylation is 2. The molecule has 0 bridgehead atoms. The van der Waals surface area contributed by atoms with Crippen molar-refractivity contribution in [2.45, 2.75) is 20.3 Å². The number of anilines is 1. The van der Waals surface area contributed by atoms with Gasteiger partial charge in [0.25, 0.3) is 5.91 Å². The van der Waals surface area contributed by atoms with Crippen molar-refractivity contribution in [3.8, 4) is 10.6 Å². The fraction of sp³-hybridized carbons (Fsp3) is 0.190. The number of aromatic nitrogens is 1. The second-order valence-electron chi connectivity index (χ2n) is 6.50. The smallest absolute Gasteiger partial charge is 0.257 e. The zero-order chi connectivity index (χ0) is 19.9. The van der Waals surface area contributed by atoms with Crippen molar-refractivity contribution in [3.05, 3.63) is 70.7 Å². The molecule has 0 aliphatic rings. The van der Waals surface area contributed by atoms with E-state index in [9.17, 15) is 9.59 Å². The lowest BCUT2D eigenvalue weighted by atomic mass is 10.2. The summed E-state index contributed by atoms with van der Waals surface area (Å²) in [5.41, 5.74) is 9.70. The highest BCUT2D eigenvalue weighted by Crippen LogP contribution is 2.24. The monoisotopic (exact) mass is 394 g/mol. The number of rotatable bonds is 6. The Morgan fingerprint density at radius 2 is 1.50 bits per heavy atom. The van der Waals surface area contributed by atoms with Crippen molar-refractivity contribution in [2.24, 2.45) is 0 Å². The molecule has 0 aliphatic carbocycles. The van der Waals surface area contributed by atoms with Crippen molar-refractivity contribution < 1.29 is 9.59 Å². The first kappa shape index (κ1) is 19.6. The van der Waals surface area contributed by atoms with Gasteiger partial charge in [0.2, 0.25) is 5.91 Å². The molecule has 144 valence electrons. The molecule has 3 rings (SSSR count). The van der Waals surface area contributed by atoms with Gasteiger partial charge in [-0.05, 0) is 26.0 Å². The van der Waals surface area contributed by atoms with Gasteiger partial charge in [0, 0.05) is 16.6 Å². The minimum absolute atomic E-state index is 0.0671. The normalized spacial score (nSPS) is 10.4. The van der Waals surface area contributed by atoms with Crippen LogP contribution in [0.1, 0.15) is 16.8 Å². The van der Waals surface area contributed by atoms with E-state index in [1.165, 1.54) is 16.9 Å². The average molecular weight is 395 g/mol. The fourth-order valence-electron chi connectivity index (χ4n) is 2.46. The van der Waals surface area contributed by atoms with Crippen molar-refractivity contribution in [3.63, 3.8) is 0 Å².